The number of nitrogens with zero attached hydrogens (tertiary/aromatic N) is 1. The summed E-state index contributed by atoms with van der Waals surface area (Å²) in [5, 5.41) is 0. The van der Waals surface area contributed by atoms with Crippen LogP contribution in [0, 0.1) is 18.6 Å². The van der Waals surface area contributed by atoms with Crippen LogP contribution in [0.1, 0.15) is 5.69 Å². The number of hydrogen-bond donors (Lipinski definition) is 2. The number of nitrogens with one attached hydrogen (secondary N) is 1. The Morgan fingerprint density at radius 1 is 1.24 bits per heavy atom. The van der Waals surface area contributed by atoms with E-state index >= 15 is 0 Å². The van der Waals surface area contributed by atoms with E-state index in [9.17, 15) is 17.2 Å². The molecule has 3 N–H and O–H groups in total. The standard InChI is InChI=1S/C12H10BrF2N3O2S/c1-6-10(2-3-12(13)17-6)18-21(19,20)11-5-9(16)7(14)4-8(11)15/h2-5,18H,16H2,1H3. The van der Waals surface area contributed by atoms with Crippen LogP contribution in [0.2, 0.25) is 0 Å². The van der Waals surface area contributed by atoms with Crippen molar-refractivity contribution < 1.29 is 17.2 Å². The molecule has 0 saturated carbocycles. The van der Waals surface area contributed by atoms with Crippen molar-refractivity contribution in [2.24, 2.45) is 0 Å². The van der Waals surface area contributed by atoms with Crippen LogP contribution in [-0.2, 0) is 10.0 Å². The second kappa shape index (κ2) is 5.57. The van der Waals surface area contributed by atoms with Gasteiger partial charge in [0, 0.05) is 6.07 Å². The van der Waals surface area contributed by atoms with E-state index < -0.39 is 32.2 Å². The van der Waals surface area contributed by atoms with Gasteiger partial charge in [-0.3, -0.25) is 4.72 Å². The van der Waals surface area contributed by atoms with Gasteiger partial charge in [-0.2, -0.15) is 0 Å². The van der Waals surface area contributed by atoms with Gasteiger partial charge in [-0.1, -0.05) is 0 Å². The van der Waals surface area contributed by atoms with Gasteiger partial charge in [0.15, 0.2) is 0 Å². The number of hydrogen-bond acceptors (Lipinski definition) is 4. The number of rotatable bonds is 3. The highest BCUT2D eigenvalue weighted by Crippen LogP contribution is 2.24. The molecule has 112 valence electrons. The molecule has 2 aromatic rings. The molecule has 0 radical (unpaired) electrons. The number of pyridine rings is 1. The van der Waals surface area contributed by atoms with E-state index in [1.165, 1.54) is 12.1 Å². The van der Waals surface area contributed by atoms with Crippen LogP contribution in [0.5, 0.6) is 0 Å². The zero-order valence-electron chi connectivity index (χ0n) is 10.7. The van der Waals surface area contributed by atoms with E-state index in [0.29, 0.717) is 16.4 Å². The Balaban J connectivity index is 2.46. The summed E-state index contributed by atoms with van der Waals surface area (Å²) in [4.78, 5) is 3.28. The number of benzene rings is 1. The summed E-state index contributed by atoms with van der Waals surface area (Å²) in [5.41, 5.74) is 5.39. The van der Waals surface area contributed by atoms with Gasteiger partial charge in [-0.15, -0.1) is 0 Å². The largest absolute Gasteiger partial charge is 0.396 e. The highest BCUT2D eigenvalue weighted by Gasteiger charge is 2.22. The zero-order valence-corrected chi connectivity index (χ0v) is 13.1. The van der Waals surface area contributed by atoms with E-state index in [4.69, 9.17) is 5.73 Å². The molecule has 0 aliphatic rings. The zero-order chi connectivity index (χ0) is 15.8. The van der Waals surface area contributed by atoms with Gasteiger partial charge in [0.25, 0.3) is 10.0 Å². The van der Waals surface area contributed by atoms with Crippen molar-refractivity contribution in [1.82, 2.24) is 4.98 Å². The monoisotopic (exact) mass is 377 g/mol. The fourth-order valence-electron chi connectivity index (χ4n) is 1.59. The lowest BCUT2D eigenvalue weighted by Crippen LogP contribution is -2.16. The van der Waals surface area contributed by atoms with E-state index in [1.807, 2.05) is 0 Å². The summed E-state index contributed by atoms with van der Waals surface area (Å²) in [6, 6.07) is 4.15. The van der Waals surface area contributed by atoms with Gasteiger partial charge in [0.1, 0.15) is 21.1 Å². The van der Waals surface area contributed by atoms with Crippen molar-refractivity contribution in [3.05, 3.63) is 46.2 Å². The summed E-state index contributed by atoms with van der Waals surface area (Å²) < 4.78 is 53.8. The Hall–Kier alpha value is -1.74. The summed E-state index contributed by atoms with van der Waals surface area (Å²) in [5.74, 6) is -2.25. The normalized spacial score (nSPS) is 11.4. The number of aromatic nitrogens is 1. The molecule has 1 aromatic heterocycles. The van der Waals surface area contributed by atoms with E-state index in [1.54, 1.807) is 6.92 Å². The molecule has 21 heavy (non-hydrogen) atoms. The second-order valence-electron chi connectivity index (χ2n) is 4.18. The highest BCUT2D eigenvalue weighted by atomic mass is 79.9. The molecule has 0 bridgehead atoms. The lowest BCUT2D eigenvalue weighted by atomic mass is 10.3. The molecular weight excluding hydrogens is 368 g/mol. The molecule has 9 heteroatoms. The summed E-state index contributed by atoms with van der Waals surface area (Å²) in [6.07, 6.45) is 0. The number of halogens is 3. The van der Waals surface area contributed by atoms with Crippen LogP contribution in [-0.4, -0.2) is 13.4 Å². The van der Waals surface area contributed by atoms with Gasteiger partial charge >= 0.3 is 0 Å². The number of nitrogen functional groups attached to an aromatic ring is 1. The van der Waals surface area contributed by atoms with Crippen molar-refractivity contribution >= 4 is 37.3 Å². The Labute approximate surface area is 128 Å². The average molecular weight is 378 g/mol. The Bertz CT molecular complexity index is 812. The maximum atomic E-state index is 13.7. The van der Waals surface area contributed by atoms with Crippen LogP contribution < -0.4 is 10.5 Å². The first-order valence-corrected chi connectivity index (χ1v) is 7.89. The van der Waals surface area contributed by atoms with Gasteiger partial charge in [-0.25, -0.2) is 22.2 Å². The summed E-state index contributed by atoms with van der Waals surface area (Å²) >= 11 is 3.14. The van der Waals surface area contributed by atoms with Gasteiger partial charge in [0.05, 0.1) is 17.1 Å². The first kappa shape index (κ1) is 15.6. The molecule has 0 fully saturated rings. The predicted molar refractivity (Wildman–Crippen MR) is 78.3 cm³/mol. The fraction of sp³-hybridized carbons (Fsp3) is 0.0833. The third-order valence-electron chi connectivity index (χ3n) is 2.64. The second-order valence-corrected chi connectivity index (χ2v) is 6.64. The molecule has 0 spiro atoms. The van der Waals surface area contributed by atoms with Crippen molar-refractivity contribution in [3.8, 4) is 0 Å². The molecule has 1 aromatic carbocycles. The Morgan fingerprint density at radius 2 is 1.90 bits per heavy atom. The molecule has 5 nitrogen and oxygen atoms in total. The molecule has 0 unspecified atom stereocenters. The van der Waals surface area contributed by atoms with E-state index in [2.05, 4.69) is 25.6 Å². The smallest absolute Gasteiger partial charge is 0.264 e. The third-order valence-corrected chi connectivity index (χ3v) is 4.46. The van der Waals surface area contributed by atoms with Gasteiger partial charge < -0.3 is 5.73 Å². The lowest BCUT2D eigenvalue weighted by Gasteiger charge is -2.11. The molecule has 0 aliphatic heterocycles. The maximum absolute atomic E-state index is 13.7. The van der Waals surface area contributed by atoms with E-state index in [-0.39, 0.29) is 5.69 Å². The van der Waals surface area contributed by atoms with Crippen molar-refractivity contribution in [3.63, 3.8) is 0 Å². The van der Waals surface area contributed by atoms with Gasteiger partial charge in [0.2, 0.25) is 0 Å². The minimum Gasteiger partial charge on any atom is -0.396 e. The number of nitrogens with two attached hydrogens (primary N) is 1. The van der Waals surface area contributed by atoms with E-state index in [0.717, 1.165) is 6.07 Å². The van der Waals surface area contributed by atoms with Gasteiger partial charge in [-0.05, 0) is 41.1 Å². The van der Waals surface area contributed by atoms with Crippen molar-refractivity contribution in [1.29, 1.82) is 0 Å². The molecule has 0 saturated heterocycles. The highest BCUT2D eigenvalue weighted by molar-refractivity contribution is 9.10. The Kier molecular flexibility index (Phi) is 4.15. The molecule has 0 amide bonds. The van der Waals surface area contributed by atoms with Crippen molar-refractivity contribution in [2.75, 3.05) is 10.5 Å². The molecule has 0 atom stereocenters. The Morgan fingerprint density at radius 3 is 2.52 bits per heavy atom. The van der Waals surface area contributed by atoms with Crippen LogP contribution in [0.15, 0.2) is 33.8 Å². The quantitative estimate of drug-likeness (QED) is 0.636. The first-order valence-electron chi connectivity index (χ1n) is 5.61. The average Bonchev–Trinajstić information content (AvgIpc) is 2.37. The summed E-state index contributed by atoms with van der Waals surface area (Å²) in [6.45, 7) is 1.58. The number of aryl methyl sites for hydroxylation is 1. The van der Waals surface area contributed by atoms with Crippen LogP contribution >= 0.6 is 15.9 Å². The maximum Gasteiger partial charge on any atom is 0.264 e. The lowest BCUT2D eigenvalue weighted by molar-refractivity contribution is 0.553. The minimum atomic E-state index is -4.25. The fourth-order valence-corrected chi connectivity index (χ4v) is 3.20. The molecule has 0 aliphatic carbocycles. The van der Waals surface area contributed by atoms with Crippen molar-refractivity contribution in [2.45, 2.75) is 11.8 Å². The van der Waals surface area contributed by atoms with Crippen LogP contribution in [0.4, 0.5) is 20.2 Å². The third kappa shape index (κ3) is 3.30. The van der Waals surface area contributed by atoms with Crippen LogP contribution in [0.25, 0.3) is 0 Å². The first-order chi connectivity index (χ1) is 9.70. The SMILES string of the molecule is Cc1nc(Br)ccc1NS(=O)(=O)c1cc(N)c(F)cc1F. The topological polar surface area (TPSA) is 85.1 Å². The predicted octanol–water partition coefficient (Wildman–Crippen LogP) is 2.81. The molecule has 1 heterocycles. The number of anilines is 2. The molecule has 2 rings (SSSR count). The molecular formula is C12H10BrF2N3O2S. The summed E-state index contributed by atoms with van der Waals surface area (Å²) in [7, 11) is -4.25. The minimum absolute atomic E-state index is 0.181. The van der Waals surface area contributed by atoms with Crippen LogP contribution in [0.3, 0.4) is 0 Å². The number of sulfonamides is 1.